The molecule has 0 aliphatic rings. The maximum atomic E-state index is 14.5. The average Bonchev–Trinajstić information content (AvgIpc) is 3.16. The van der Waals surface area contributed by atoms with Crippen LogP contribution >= 0.6 is 0 Å². The van der Waals surface area contributed by atoms with Crippen LogP contribution in [0.5, 0.6) is 0 Å². The van der Waals surface area contributed by atoms with Crippen LogP contribution in [0.2, 0.25) is 0 Å². The Hall–Kier alpha value is -4.08. The van der Waals surface area contributed by atoms with E-state index in [0.29, 0.717) is 22.5 Å². The molecule has 1 aromatic carbocycles. The molecule has 0 fully saturated rings. The van der Waals surface area contributed by atoms with Gasteiger partial charge in [-0.05, 0) is 36.8 Å². The van der Waals surface area contributed by atoms with Gasteiger partial charge in [-0.15, -0.1) is 0 Å². The first-order valence-electron chi connectivity index (χ1n) is 9.17. The maximum absolute atomic E-state index is 14.5. The monoisotopic (exact) mass is 423 g/mol. The molecule has 160 valence electrons. The van der Waals surface area contributed by atoms with Crippen LogP contribution in [0.1, 0.15) is 14.4 Å². The van der Waals surface area contributed by atoms with E-state index in [0.717, 1.165) is 11.1 Å². The number of amides is 1. The van der Waals surface area contributed by atoms with Gasteiger partial charge < -0.3 is 15.0 Å². The number of pyridine rings is 1. The summed E-state index contributed by atoms with van der Waals surface area (Å²) in [5, 5.41) is 5.39. The van der Waals surface area contributed by atoms with Crippen LogP contribution in [-0.2, 0) is 4.74 Å². The van der Waals surface area contributed by atoms with Gasteiger partial charge in [0.15, 0.2) is 0 Å². The molecule has 31 heavy (non-hydrogen) atoms. The Kier molecular flexibility index (Phi) is 6.39. The first-order chi connectivity index (χ1) is 14.6. The predicted molar refractivity (Wildman–Crippen MR) is 117 cm³/mol. The summed E-state index contributed by atoms with van der Waals surface area (Å²) < 4.78 is 19.4. The van der Waals surface area contributed by atoms with Gasteiger partial charge in [0.05, 0.1) is 12.1 Å². The van der Waals surface area contributed by atoms with E-state index in [4.69, 9.17) is 4.74 Å². The van der Waals surface area contributed by atoms with Crippen molar-refractivity contribution in [3.63, 3.8) is 0 Å². The summed E-state index contributed by atoms with van der Waals surface area (Å²) in [5.41, 5.74) is 3.10. The van der Waals surface area contributed by atoms with Gasteiger partial charge in [-0.3, -0.25) is 10.3 Å². The lowest BCUT2D eigenvalue weighted by Gasteiger charge is -2.08. The van der Waals surface area contributed by atoms with E-state index in [2.05, 4.69) is 35.6 Å². The number of imidazole rings is 1. The van der Waals surface area contributed by atoms with Crippen molar-refractivity contribution in [2.75, 3.05) is 24.3 Å². The summed E-state index contributed by atoms with van der Waals surface area (Å²) >= 11 is 0. The Morgan fingerprint density at radius 1 is 1.19 bits per heavy atom. The summed E-state index contributed by atoms with van der Waals surface area (Å²) in [7, 11) is 1.73. The fraction of sp³-hybridized carbons (Fsp3) is 0.190. The van der Waals surface area contributed by atoms with Crippen molar-refractivity contribution >= 4 is 29.0 Å². The molecule has 10 heteroatoms. The Morgan fingerprint density at radius 3 is 2.65 bits per heavy atom. The molecule has 4 rings (SSSR count). The second-order valence-corrected chi connectivity index (χ2v) is 6.23. The highest BCUT2D eigenvalue weighted by Crippen LogP contribution is 2.33. The van der Waals surface area contributed by atoms with E-state index in [-0.39, 0.29) is 25.7 Å². The van der Waals surface area contributed by atoms with Crippen LogP contribution in [0.4, 0.5) is 21.1 Å². The minimum Gasteiger partial charge on any atom is -0.450 e. The normalized spacial score (nSPS) is 10.4. The van der Waals surface area contributed by atoms with Gasteiger partial charge in [0, 0.05) is 36.8 Å². The number of aromatic nitrogens is 5. The van der Waals surface area contributed by atoms with Crippen molar-refractivity contribution in [2.24, 2.45) is 0 Å². The molecule has 0 bridgehead atoms. The molecule has 3 aromatic heterocycles. The van der Waals surface area contributed by atoms with Crippen LogP contribution in [-0.4, -0.2) is 44.7 Å². The molecular formula is C21H22FN7O2. The number of aromatic amines is 1. The molecule has 1 amide bonds. The van der Waals surface area contributed by atoms with Crippen LogP contribution in [0.3, 0.4) is 0 Å². The highest BCUT2D eigenvalue weighted by atomic mass is 19.1. The molecule has 0 radical (unpaired) electrons. The third-order valence-corrected chi connectivity index (χ3v) is 4.30. The van der Waals surface area contributed by atoms with Gasteiger partial charge in [-0.1, -0.05) is 7.43 Å². The minimum absolute atomic E-state index is 0. The molecule has 0 aliphatic carbocycles. The zero-order valence-electron chi connectivity index (χ0n) is 16.2. The number of fused-ring (bicyclic) bond motifs is 1. The number of anilines is 2. The van der Waals surface area contributed by atoms with Gasteiger partial charge in [0.2, 0.25) is 11.9 Å². The fourth-order valence-corrected chi connectivity index (χ4v) is 2.98. The second-order valence-electron chi connectivity index (χ2n) is 6.23. The lowest BCUT2D eigenvalue weighted by Crippen LogP contribution is -2.14. The molecule has 0 aliphatic heterocycles. The number of nitrogens with one attached hydrogen (secondary N) is 3. The van der Waals surface area contributed by atoms with E-state index in [1.807, 2.05) is 6.07 Å². The lowest BCUT2D eigenvalue weighted by atomic mass is 10.0. The van der Waals surface area contributed by atoms with E-state index in [9.17, 15) is 9.18 Å². The van der Waals surface area contributed by atoms with Crippen LogP contribution in [0.25, 0.3) is 33.4 Å². The average molecular weight is 423 g/mol. The molecule has 9 nitrogen and oxygen atoms in total. The number of H-pyrrole nitrogens is 1. The number of carbonyl (C=O) groups is 1. The number of rotatable bonds is 5. The largest absolute Gasteiger partial charge is 0.450 e. The highest BCUT2D eigenvalue weighted by molar-refractivity contribution is 5.97. The molecule has 0 saturated heterocycles. The van der Waals surface area contributed by atoms with Crippen LogP contribution in [0.15, 0.2) is 42.9 Å². The number of carbonyl (C=O) groups excluding carboxylic acids is 1. The van der Waals surface area contributed by atoms with Crippen molar-refractivity contribution in [3.8, 4) is 22.4 Å². The first-order valence-corrected chi connectivity index (χ1v) is 9.17. The van der Waals surface area contributed by atoms with Crippen molar-refractivity contribution in [1.82, 2.24) is 24.9 Å². The van der Waals surface area contributed by atoms with E-state index in [1.165, 1.54) is 18.3 Å². The topological polar surface area (TPSA) is 118 Å². The zero-order valence-corrected chi connectivity index (χ0v) is 16.2. The summed E-state index contributed by atoms with van der Waals surface area (Å²) in [6, 6.07) is 6.43. The molecule has 0 atom stereocenters. The lowest BCUT2D eigenvalue weighted by molar-refractivity contribution is 0.167. The van der Waals surface area contributed by atoms with Crippen molar-refractivity contribution < 1.29 is 13.9 Å². The molecular weight excluding hydrogens is 401 g/mol. The molecule has 0 saturated carbocycles. The third kappa shape index (κ3) is 4.42. The number of ether oxygens (including phenoxy) is 1. The van der Waals surface area contributed by atoms with Crippen LogP contribution < -0.4 is 10.6 Å². The zero-order chi connectivity index (χ0) is 21.1. The van der Waals surface area contributed by atoms with Gasteiger partial charge >= 0.3 is 6.09 Å². The quantitative estimate of drug-likeness (QED) is 0.433. The molecule has 0 spiro atoms. The fourth-order valence-electron chi connectivity index (χ4n) is 2.98. The summed E-state index contributed by atoms with van der Waals surface area (Å²) in [5.74, 6) is 0.180. The number of benzene rings is 1. The Balaban J connectivity index is 0.00000272. The number of halogens is 1. The number of hydrogen-bond acceptors (Lipinski definition) is 7. The molecule has 3 N–H and O–H groups in total. The minimum atomic E-state index is -0.640. The highest BCUT2D eigenvalue weighted by Gasteiger charge is 2.17. The Bertz CT molecular complexity index is 1210. The smallest absolute Gasteiger partial charge is 0.413 e. The number of nitrogens with zero attached hydrogens (tertiary/aromatic N) is 4. The maximum Gasteiger partial charge on any atom is 0.413 e. The van der Waals surface area contributed by atoms with E-state index >= 15 is 0 Å². The van der Waals surface area contributed by atoms with E-state index < -0.39 is 11.9 Å². The number of hydrogen-bond donors (Lipinski definition) is 3. The standard InChI is InChI=1S/C20H18FN7O2.CH4/c1-3-30-20(29)28-19-26-15-8-11(12-9-24-18(22-2)25-10-12)7-13(17(15)27-19)16-14(21)5-4-6-23-16;/h4-10H,3H2,1-2H3,(H,22,24,25)(H2,26,27,28,29);1H4. The van der Waals surface area contributed by atoms with Crippen LogP contribution in [0, 0.1) is 5.82 Å². The molecule has 0 unspecified atom stereocenters. The van der Waals surface area contributed by atoms with Gasteiger partial charge in [-0.25, -0.2) is 24.1 Å². The Morgan fingerprint density at radius 2 is 1.97 bits per heavy atom. The van der Waals surface area contributed by atoms with Crippen molar-refractivity contribution in [1.29, 1.82) is 0 Å². The summed E-state index contributed by atoms with van der Waals surface area (Å²) in [4.78, 5) is 31.8. The second kappa shape index (κ2) is 9.16. The van der Waals surface area contributed by atoms with Gasteiger partial charge in [0.1, 0.15) is 17.0 Å². The third-order valence-electron chi connectivity index (χ3n) is 4.30. The molecule has 3 heterocycles. The summed E-state index contributed by atoms with van der Waals surface area (Å²) in [6.45, 7) is 1.93. The summed E-state index contributed by atoms with van der Waals surface area (Å²) in [6.07, 6.45) is 4.18. The van der Waals surface area contributed by atoms with Gasteiger partial charge in [0.25, 0.3) is 0 Å². The SMILES string of the molecule is C.CCOC(=O)Nc1nc2c(-c3ncccc3F)cc(-c3cnc(NC)nc3)cc2[nH]1. The molecule has 4 aromatic rings. The van der Waals surface area contributed by atoms with Gasteiger partial charge in [-0.2, -0.15) is 0 Å². The first kappa shape index (κ1) is 21.6. The van der Waals surface area contributed by atoms with Crippen molar-refractivity contribution in [3.05, 3.63) is 48.7 Å². The predicted octanol–water partition coefficient (Wildman–Crippen LogP) is 4.47. The van der Waals surface area contributed by atoms with Crippen molar-refractivity contribution in [2.45, 2.75) is 14.4 Å². The Labute approximate surface area is 178 Å². The van der Waals surface area contributed by atoms with E-state index in [1.54, 1.807) is 32.4 Å².